The van der Waals surface area contributed by atoms with Gasteiger partial charge in [-0.25, -0.2) is 34.0 Å². The zero-order valence-electron chi connectivity index (χ0n) is 19.5. The molecule has 0 unspecified atom stereocenters. The first kappa shape index (κ1) is 29.9. The number of rotatable bonds is 8. The Bertz CT molecular complexity index is 1250. The number of halogens is 5. The van der Waals surface area contributed by atoms with Crippen molar-refractivity contribution in [2.24, 2.45) is 0 Å². The Morgan fingerprint density at radius 1 is 0.714 bits per heavy atom. The fraction of sp³-hybridized carbons (Fsp3) is 0.700. The first-order valence-electron chi connectivity index (χ1n) is 10.6. The lowest BCUT2D eigenvalue weighted by Gasteiger charge is -2.42. The zero-order chi connectivity index (χ0) is 27.3. The molecular formula is C20H28F5NO6S3. The van der Waals surface area contributed by atoms with Crippen LogP contribution in [0.3, 0.4) is 0 Å². The van der Waals surface area contributed by atoms with Crippen LogP contribution in [0.4, 0.5) is 22.0 Å². The molecule has 0 radical (unpaired) electrons. The number of sulfone groups is 1. The zero-order valence-corrected chi connectivity index (χ0v) is 21.9. The van der Waals surface area contributed by atoms with Gasteiger partial charge in [-0.1, -0.05) is 31.4 Å². The van der Waals surface area contributed by atoms with Crippen molar-refractivity contribution in [3.63, 3.8) is 0 Å². The Morgan fingerprint density at radius 2 is 1.17 bits per heavy atom. The van der Waals surface area contributed by atoms with E-state index in [0.717, 1.165) is 49.8 Å². The minimum atomic E-state index is -6.57. The number of hydrogen-bond acceptors (Lipinski definition) is 6. The number of hydrogen-bond donors (Lipinski definition) is 1. The summed E-state index contributed by atoms with van der Waals surface area (Å²) in [7, 11) is -17.5. The van der Waals surface area contributed by atoms with Gasteiger partial charge in [-0.05, 0) is 64.2 Å². The first-order valence-corrected chi connectivity index (χ1v) is 15.0. The molecule has 2 rings (SSSR count). The third-order valence-corrected chi connectivity index (χ3v) is 13.1. The summed E-state index contributed by atoms with van der Waals surface area (Å²) in [6, 6.07) is 5.25. The Kier molecular flexibility index (Phi) is 7.87. The van der Waals surface area contributed by atoms with Gasteiger partial charge in [0.05, 0.1) is 4.90 Å². The molecule has 1 aliphatic rings. The van der Waals surface area contributed by atoms with Crippen molar-refractivity contribution in [1.82, 2.24) is 4.13 Å². The third-order valence-electron chi connectivity index (χ3n) is 6.65. The van der Waals surface area contributed by atoms with Gasteiger partial charge >= 0.3 is 15.5 Å². The summed E-state index contributed by atoms with van der Waals surface area (Å²) in [5.41, 5.74) is -5.27. The van der Waals surface area contributed by atoms with Gasteiger partial charge in [-0.3, -0.25) is 0 Å². The van der Waals surface area contributed by atoms with Crippen LogP contribution in [0.1, 0.15) is 71.3 Å². The van der Waals surface area contributed by atoms with Crippen molar-refractivity contribution in [3.05, 3.63) is 29.8 Å². The van der Waals surface area contributed by atoms with E-state index in [-0.39, 0.29) is 23.9 Å². The van der Waals surface area contributed by atoms with Crippen molar-refractivity contribution in [3.8, 4) is 0 Å². The van der Waals surface area contributed by atoms with E-state index >= 15 is 8.78 Å². The van der Waals surface area contributed by atoms with Crippen molar-refractivity contribution >= 4 is 29.9 Å². The summed E-state index contributed by atoms with van der Waals surface area (Å²) in [5.74, 6) is -4.57. The molecule has 7 nitrogen and oxygen atoms in total. The second kappa shape index (κ2) is 9.21. The lowest BCUT2D eigenvalue weighted by atomic mass is 9.84. The molecule has 0 saturated heterocycles. The third kappa shape index (κ3) is 5.10. The normalized spacial score (nSPS) is 18.0. The van der Waals surface area contributed by atoms with Gasteiger partial charge < -0.3 is 0 Å². The summed E-state index contributed by atoms with van der Waals surface area (Å²) in [5, 5.41) is 0. The van der Waals surface area contributed by atoms with Crippen LogP contribution >= 0.6 is 0 Å². The van der Waals surface area contributed by atoms with Crippen LogP contribution in [0.2, 0.25) is 0 Å². The number of benzene rings is 1. The molecule has 0 heterocycles. The van der Waals surface area contributed by atoms with Crippen LogP contribution in [-0.2, 0) is 29.9 Å². The second-order valence-electron chi connectivity index (χ2n) is 9.54. The maximum Gasteiger partial charge on any atom is 0.512 e. The molecule has 1 fully saturated rings. The molecule has 0 bridgehead atoms. The lowest BCUT2D eigenvalue weighted by molar-refractivity contribution is -0.0619. The van der Waals surface area contributed by atoms with E-state index in [9.17, 15) is 38.4 Å². The lowest BCUT2D eigenvalue weighted by Crippen LogP contribution is -2.65. The van der Waals surface area contributed by atoms with Crippen LogP contribution in [0.15, 0.2) is 29.2 Å². The van der Waals surface area contributed by atoms with Crippen LogP contribution in [0.25, 0.3) is 0 Å². The fourth-order valence-electron chi connectivity index (χ4n) is 4.01. The number of sulfonamides is 2. The van der Waals surface area contributed by atoms with Crippen molar-refractivity contribution < 1.29 is 47.2 Å². The Balaban J connectivity index is 2.48. The Hall–Kier alpha value is -1.32. The fourth-order valence-corrected chi connectivity index (χ4v) is 8.71. The molecule has 1 aromatic carbocycles. The van der Waals surface area contributed by atoms with E-state index in [0.29, 0.717) is 13.8 Å². The van der Waals surface area contributed by atoms with Crippen LogP contribution in [0, 0.1) is 0 Å². The first-order chi connectivity index (χ1) is 15.5. The molecule has 0 spiro atoms. The number of nitrogens with one attached hydrogen (secondary N) is 1. The summed E-state index contributed by atoms with van der Waals surface area (Å²) in [6.07, 6.45) is 4.90. The van der Waals surface area contributed by atoms with E-state index < -0.39 is 55.7 Å². The van der Waals surface area contributed by atoms with Crippen LogP contribution < -0.4 is 4.13 Å². The summed E-state index contributed by atoms with van der Waals surface area (Å²) >= 11 is 0. The molecule has 0 aromatic heterocycles. The highest BCUT2D eigenvalue weighted by molar-refractivity contribution is 8.05. The van der Waals surface area contributed by atoms with Gasteiger partial charge in [-0.2, -0.15) is 13.2 Å². The summed E-state index contributed by atoms with van der Waals surface area (Å²) < 4.78 is 137. The molecule has 0 amide bonds. The standard InChI is InChI=1S/C20H28F5NO6S3/c1-17(2,19(21,22)18(3,4)34(29,30)26-35(31,32)20(23,24)25)33(27,28)16-12-10-15(11-13-16)14-8-6-5-7-9-14/h10-14,26H,5-9H2,1-4H3. The average molecular weight is 570 g/mol. The molecule has 0 aliphatic heterocycles. The minimum Gasteiger partial charge on any atom is -0.223 e. The SMILES string of the molecule is CC(C)(C(F)(F)C(C)(C)S(=O)(=O)c1ccc(C2CCCCC2)cc1)S(=O)(=O)NS(=O)(=O)C(F)(F)F. The molecule has 1 N–H and O–H groups in total. The molecule has 0 atom stereocenters. The highest BCUT2D eigenvalue weighted by atomic mass is 32.3. The van der Waals surface area contributed by atoms with Gasteiger partial charge in [0.25, 0.3) is 5.92 Å². The van der Waals surface area contributed by atoms with Gasteiger partial charge in [0.2, 0.25) is 10.0 Å². The van der Waals surface area contributed by atoms with Crippen molar-refractivity contribution in [2.75, 3.05) is 0 Å². The van der Waals surface area contributed by atoms with Gasteiger partial charge in [0.1, 0.15) is 9.49 Å². The highest BCUT2D eigenvalue weighted by Gasteiger charge is 2.69. The minimum absolute atomic E-state index is 0.195. The largest absolute Gasteiger partial charge is 0.512 e. The van der Waals surface area contributed by atoms with E-state index in [1.54, 1.807) is 0 Å². The summed E-state index contributed by atoms with van der Waals surface area (Å²) in [6.45, 7) is 1.58. The van der Waals surface area contributed by atoms with Gasteiger partial charge in [0.15, 0.2) is 9.84 Å². The molecule has 15 heteroatoms. The van der Waals surface area contributed by atoms with Crippen LogP contribution in [0.5, 0.6) is 0 Å². The van der Waals surface area contributed by atoms with E-state index in [1.807, 2.05) is 0 Å². The van der Waals surface area contributed by atoms with Gasteiger partial charge in [-0.15, -0.1) is 4.13 Å². The quantitative estimate of drug-likeness (QED) is 0.462. The van der Waals surface area contributed by atoms with E-state index in [4.69, 9.17) is 0 Å². The molecule has 202 valence electrons. The number of alkyl halides is 5. The summed E-state index contributed by atoms with van der Waals surface area (Å²) in [4.78, 5) is -0.536. The second-order valence-corrected chi connectivity index (χ2v) is 16.2. The monoisotopic (exact) mass is 569 g/mol. The average Bonchev–Trinajstić information content (AvgIpc) is 2.72. The Labute approximate surface area is 202 Å². The van der Waals surface area contributed by atoms with Crippen LogP contribution in [-0.4, -0.2) is 46.2 Å². The van der Waals surface area contributed by atoms with E-state index in [2.05, 4.69) is 0 Å². The molecule has 35 heavy (non-hydrogen) atoms. The maximum absolute atomic E-state index is 15.6. The molecular weight excluding hydrogens is 541 g/mol. The van der Waals surface area contributed by atoms with Gasteiger partial charge in [0, 0.05) is 0 Å². The molecule has 1 aromatic rings. The predicted octanol–water partition coefficient (Wildman–Crippen LogP) is 4.47. The Morgan fingerprint density at radius 3 is 1.60 bits per heavy atom. The molecule has 1 saturated carbocycles. The van der Waals surface area contributed by atoms with Crippen molar-refractivity contribution in [2.45, 2.75) is 91.5 Å². The highest BCUT2D eigenvalue weighted by Crippen LogP contribution is 2.48. The molecule has 1 aliphatic carbocycles. The van der Waals surface area contributed by atoms with E-state index in [1.165, 1.54) is 12.1 Å². The smallest absolute Gasteiger partial charge is 0.223 e. The topological polar surface area (TPSA) is 114 Å². The maximum atomic E-state index is 15.6. The predicted molar refractivity (Wildman–Crippen MR) is 120 cm³/mol. The van der Waals surface area contributed by atoms with Crippen molar-refractivity contribution in [1.29, 1.82) is 0 Å².